The van der Waals surface area contributed by atoms with Crippen LogP contribution in [-0.4, -0.2) is 30.6 Å². The van der Waals surface area contributed by atoms with Crippen molar-refractivity contribution in [3.63, 3.8) is 0 Å². The van der Waals surface area contributed by atoms with Crippen LogP contribution in [0.5, 0.6) is 0 Å². The quantitative estimate of drug-likeness (QED) is 0.449. The van der Waals surface area contributed by atoms with Gasteiger partial charge in [0.2, 0.25) is 5.91 Å². The molecule has 5 heteroatoms. The van der Waals surface area contributed by atoms with E-state index in [1.165, 1.54) is 0 Å². The summed E-state index contributed by atoms with van der Waals surface area (Å²) in [5.74, 6) is -0.802. The molecule has 2 atom stereocenters. The fourth-order valence-electron chi connectivity index (χ4n) is 1.22. The Bertz CT molecular complexity index is 230. The first-order valence-electron chi connectivity index (χ1n) is 4.89. The predicted molar refractivity (Wildman–Crippen MR) is 50.4 cm³/mol. The summed E-state index contributed by atoms with van der Waals surface area (Å²) >= 11 is 0. The molecule has 80 valence electrons. The molecule has 2 unspecified atom stereocenters. The Morgan fingerprint density at radius 2 is 2.07 bits per heavy atom. The third kappa shape index (κ3) is 2.99. The summed E-state index contributed by atoms with van der Waals surface area (Å²) in [5.41, 5.74) is 4.96. The molecular weight excluding hydrogens is 184 g/mol. The molecule has 1 heterocycles. The molecule has 2 amide bonds. The van der Waals surface area contributed by atoms with Gasteiger partial charge in [0.15, 0.2) is 12.2 Å². The molecule has 0 spiro atoms. The number of carbonyl (C=O) groups excluding carboxylic acids is 2. The van der Waals surface area contributed by atoms with Crippen molar-refractivity contribution in [2.24, 2.45) is 5.73 Å². The van der Waals surface area contributed by atoms with Gasteiger partial charge in [0, 0.05) is 6.54 Å². The van der Waals surface area contributed by atoms with E-state index in [9.17, 15) is 9.59 Å². The summed E-state index contributed by atoms with van der Waals surface area (Å²) in [4.78, 5) is 21.8. The minimum absolute atomic E-state index is 0.232. The van der Waals surface area contributed by atoms with Gasteiger partial charge >= 0.3 is 0 Å². The Kier molecular flexibility index (Phi) is 3.88. The Balaban J connectivity index is 2.09. The molecule has 0 radical (unpaired) electrons. The van der Waals surface area contributed by atoms with Crippen LogP contribution in [0.15, 0.2) is 0 Å². The normalized spacial score (nSPS) is 24.4. The number of epoxide rings is 1. The molecule has 1 fully saturated rings. The van der Waals surface area contributed by atoms with E-state index in [0.717, 1.165) is 19.3 Å². The molecule has 1 saturated heterocycles. The molecule has 0 bridgehead atoms. The van der Waals surface area contributed by atoms with Gasteiger partial charge in [0.05, 0.1) is 0 Å². The van der Waals surface area contributed by atoms with Gasteiger partial charge in [-0.3, -0.25) is 9.59 Å². The van der Waals surface area contributed by atoms with Crippen LogP contribution >= 0.6 is 0 Å². The van der Waals surface area contributed by atoms with Gasteiger partial charge in [-0.2, -0.15) is 0 Å². The molecule has 0 aliphatic carbocycles. The van der Waals surface area contributed by atoms with E-state index in [0.29, 0.717) is 6.54 Å². The van der Waals surface area contributed by atoms with Gasteiger partial charge in [-0.25, -0.2) is 0 Å². The van der Waals surface area contributed by atoms with Crippen molar-refractivity contribution in [2.75, 3.05) is 6.54 Å². The molecule has 1 aliphatic rings. The monoisotopic (exact) mass is 200 g/mol. The second-order valence-electron chi connectivity index (χ2n) is 3.38. The van der Waals surface area contributed by atoms with Crippen LogP contribution in [0.25, 0.3) is 0 Å². The zero-order valence-corrected chi connectivity index (χ0v) is 8.29. The van der Waals surface area contributed by atoms with Crippen molar-refractivity contribution < 1.29 is 14.3 Å². The van der Waals surface area contributed by atoms with E-state index in [1.54, 1.807) is 0 Å². The smallest absolute Gasteiger partial charge is 0.252 e. The van der Waals surface area contributed by atoms with Crippen LogP contribution in [0.2, 0.25) is 0 Å². The summed E-state index contributed by atoms with van der Waals surface area (Å²) in [6.07, 6.45) is 1.80. The van der Waals surface area contributed by atoms with E-state index in [1.807, 2.05) is 0 Å². The maximum Gasteiger partial charge on any atom is 0.252 e. The summed E-state index contributed by atoms with van der Waals surface area (Å²) in [6.45, 7) is 2.73. The van der Waals surface area contributed by atoms with Crippen molar-refractivity contribution in [1.82, 2.24) is 5.32 Å². The second kappa shape index (κ2) is 4.95. The molecule has 3 N–H and O–H groups in total. The zero-order chi connectivity index (χ0) is 10.6. The first-order valence-corrected chi connectivity index (χ1v) is 4.89. The van der Waals surface area contributed by atoms with Crippen LogP contribution in [0, 0.1) is 0 Å². The number of ether oxygens (including phenoxy) is 1. The summed E-state index contributed by atoms with van der Waals surface area (Å²) < 4.78 is 4.81. The molecule has 1 aliphatic heterocycles. The van der Waals surface area contributed by atoms with Gasteiger partial charge in [-0.15, -0.1) is 0 Å². The average Bonchev–Trinajstić information content (AvgIpc) is 2.91. The van der Waals surface area contributed by atoms with Crippen LogP contribution in [0.3, 0.4) is 0 Å². The van der Waals surface area contributed by atoms with E-state index < -0.39 is 18.1 Å². The number of primary amides is 1. The molecule has 0 aromatic rings. The van der Waals surface area contributed by atoms with Gasteiger partial charge in [-0.05, 0) is 6.42 Å². The highest BCUT2D eigenvalue weighted by atomic mass is 16.6. The number of carbonyl (C=O) groups is 2. The third-order valence-electron chi connectivity index (χ3n) is 2.11. The number of rotatable bonds is 6. The van der Waals surface area contributed by atoms with E-state index in [-0.39, 0.29) is 5.91 Å². The van der Waals surface area contributed by atoms with Crippen molar-refractivity contribution in [3.05, 3.63) is 0 Å². The first-order chi connectivity index (χ1) is 6.66. The van der Waals surface area contributed by atoms with E-state index in [2.05, 4.69) is 12.2 Å². The highest BCUT2D eigenvalue weighted by Crippen LogP contribution is 2.21. The fourth-order valence-corrected chi connectivity index (χ4v) is 1.22. The maximum atomic E-state index is 11.2. The number of hydrogen-bond donors (Lipinski definition) is 2. The van der Waals surface area contributed by atoms with Crippen LogP contribution in [0.4, 0.5) is 0 Å². The largest absolute Gasteiger partial charge is 0.367 e. The second-order valence-corrected chi connectivity index (χ2v) is 3.38. The van der Waals surface area contributed by atoms with Crippen molar-refractivity contribution in [3.8, 4) is 0 Å². The lowest BCUT2D eigenvalue weighted by atomic mass is 10.2. The summed E-state index contributed by atoms with van der Waals surface area (Å²) in [7, 11) is 0. The molecular formula is C9H16N2O3. The van der Waals surface area contributed by atoms with E-state index >= 15 is 0 Å². The lowest BCUT2D eigenvalue weighted by Crippen LogP contribution is -2.32. The number of hydrogen-bond acceptors (Lipinski definition) is 3. The van der Waals surface area contributed by atoms with Gasteiger partial charge in [-0.1, -0.05) is 19.8 Å². The zero-order valence-electron chi connectivity index (χ0n) is 8.29. The standard InChI is InChI=1S/C9H16N2O3/c1-2-3-4-5-11-9(13)7-6(14-7)8(10)12/h6-7H,2-5H2,1H3,(H2,10,12)(H,11,13). The average molecular weight is 200 g/mol. The molecule has 14 heavy (non-hydrogen) atoms. The summed E-state index contributed by atoms with van der Waals surface area (Å²) in [5, 5.41) is 2.69. The van der Waals surface area contributed by atoms with Crippen molar-refractivity contribution in [1.29, 1.82) is 0 Å². The first kappa shape index (κ1) is 11.0. The SMILES string of the molecule is CCCCCNC(=O)C1OC1C(N)=O. The highest BCUT2D eigenvalue weighted by Gasteiger charge is 2.49. The topological polar surface area (TPSA) is 84.7 Å². The summed E-state index contributed by atoms with van der Waals surface area (Å²) in [6, 6.07) is 0. The Morgan fingerprint density at radius 1 is 1.36 bits per heavy atom. The predicted octanol–water partition coefficient (Wildman–Crippen LogP) is -0.454. The van der Waals surface area contributed by atoms with E-state index in [4.69, 9.17) is 10.5 Å². The lowest BCUT2D eigenvalue weighted by molar-refractivity contribution is -0.123. The molecule has 0 aromatic carbocycles. The third-order valence-corrected chi connectivity index (χ3v) is 2.11. The van der Waals surface area contributed by atoms with Crippen molar-refractivity contribution in [2.45, 2.75) is 38.4 Å². The Hall–Kier alpha value is -1.10. The highest BCUT2D eigenvalue weighted by molar-refractivity contribution is 5.94. The number of nitrogens with two attached hydrogens (primary N) is 1. The lowest BCUT2D eigenvalue weighted by Gasteiger charge is -2.01. The van der Waals surface area contributed by atoms with Gasteiger partial charge < -0.3 is 15.8 Å². The fraction of sp³-hybridized carbons (Fsp3) is 0.778. The minimum Gasteiger partial charge on any atom is -0.367 e. The maximum absolute atomic E-state index is 11.2. The number of unbranched alkanes of at least 4 members (excludes halogenated alkanes) is 2. The Labute approximate surface area is 83.0 Å². The van der Waals surface area contributed by atoms with Crippen molar-refractivity contribution >= 4 is 11.8 Å². The minimum atomic E-state index is -0.707. The van der Waals surface area contributed by atoms with Crippen LogP contribution in [-0.2, 0) is 14.3 Å². The molecule has 0 saturated carbocycles. The number of amides is 2. The molecule has 5 nitrogen and oxygen atoms in total. The van der Waals surface area contributed by atoms with Crippen LogP contribution < -0.4 is 11.1 Å². The number of nitrogens with one attached hydrogen (secondary N) is 1. The molecule has 0 aromatic heterocycles. The van der Waals surface area contributed by atoms with Gasteiger partial charge in [0.25, 0.3) is 5.91 Å². The van der Waals surface area contributed by atoms with Crippen LogP contribution in [0.1, 0.15) is 26.2 Å². The van der Waals surface area contributed by atoms with Gasteiger partial charge in [0.1, 0.15) is 0 Å². The molecule has 1 rings (SSSR count). The Morgan fingerprint density at radius 3 is 2.57 bits per heavy atom.